The molecule has 0 aromatic carbocycles. The Kier molecular flexibility index (Phi) is 4.49. The van der Waals surface area contributed by atoms with Crippen molar-refractivity contribution in [1.82, 2.24) is 34.9 Å². The van der Waals surface area contributed by atoms with Gasteiger partial charge in [0.05, 0.1) is 12.5 Å². The van der Waals surface area contributed by atoms with E-state index in [2.05, 4.69) is 42.6 Å². The lowest BCUT2D eigenvalue weighted by molar-refractivity contribution is -0.123. The second kappa shape index (κ2) is 7.22. The number of pyridine rings is 1. The molecule has 0 saturated heterocycles. The molecule has 1 amide bonds. The number of aromatic nitrogens is 6. The van der Waals surface area contributed by atoms with Gasteiger partial charge in [-0.15, -0.1) is 0 Å². The fourth-order valence-electron chi connectivity index (χ4n) is 4.26. The molecule has 4 aromatic rings. The number of hydrogen-bond acceptors (Lipinski definition) is 7. The van der Waals surface area contributed by atoms with E-state index in [0.717, 1.165) is 35.0 Å². The lowest BCUT2D eigenvalue weighted by atomic mass is 9.74. The lowest BCUT2D eigenvalue weighted by Gasteiger charge is -2.45. The number of carbonyl (C=O) groups is 1. The molecule has 0 unspecified atom stereocenters. The first-order chi connectivity index (χ1) is 15.0. The normalized spacial score (nSPS) is 20.5. The highest BCUT2D eigenvalue weighted by Gasteiger charge is 2.41. The molecule has 10 heteroatoms. The quantitative estimate of drug-likeness (QED) is 0.438. The predicted octanol–water partition coefficient (Wildman–Crippen LogP) is 2.54. The summed E-state index contributed by atoms with van der Waals surface area (Å²) >= 11 is 0. The molecule has 0 bridgehead atoms. The maximum atomic E-state index is 11.7. The van der Waals surface area contributed by atoms with Gasteiger partial charge in [0.15, 0.2) is 5.65 Å². The number of ether oxygens (including phenoxy) is 1. The van der Waals surface area contributed by atoms with Gasteiger partial charge in [-0.05, 0) is 37.5 Å². The van der Waals surface area contributed by atoms with Crippen LogP contribution < -0.4 is 15.4 Å². The molecule has 1 aliphatic rings. The van der Waals surface area contributed by atoms with E-state index < -0.39 is 0 Å². The summed E-state index contributed by atoms with van der Waals surface area (Å²) in [4.78, 5) is 28.4. The number of hydrogen-bond donors (Lipinski definition) is 3. The summed E-state index contributed by atoms with van der Waals surface area (Å²) in [7, 11) is 1.60. The van der Waals surface area contributed by atoms with Crippen molar-refractivity contribution in [2.45, 2.75) is 44.7 Å². The van der Waals surface area contributed by atoms with Crippen molar-refractivity contribution in [2.24, 2.45) is 0 Å². The van der Waals surface area contributed by atoms with Gasteiger partial charge in [-0.1, -0.05) is 6.92 Å². The van der Waals surface area contributed by atoms with Crippen LogP contribution in [0.25, 0.3) is 27.8 Å². The number of rotatable bonds is 6. The lowest BCUT2D eigenvalue weighted by Crippen LogP contribution is -2.59. The average Bonchev–Trinajstić information content (AvgIpc) is 3.38. The topological polar surface area (TPSA) is 122 Å². The monoisotopic (exact) mass is 420 g/mol. The zero-order chi connectivity index (χ0) is 21.6. The Labute approximate surface area is 178 Å². The van der Waals surface area contributed by atoms with Crippen LogP contribution in [0.3, 0.4) is 0 Å². The summed E-state index contributed by atoms with van der Waals surface area (Å²) in [5, 5.41) is 11.4. The SMILES string of the molecule is CCC(=O)N[C@]1(C)C[C@H](Nc2nc(OC)c3c(-c4ccn5ncnc5c4)c[nH]c3n2)C1. The van der Waals surface area contributed by atoms with Crippen molar-refractivity contribution in [3.8, 4) is 17.0 Å². The molecular formula is C21H24N8O2. The third-order valence-electron chi connectivity index (χ3n) is 5.77. The first-order valence-corrected chi connectivity index (χ1v) is 10.3. The number of carbonyl (C=O) groups excluding carboxylic acids is 1. The fraction of sp³-hybridized carbons (Fsp3) is 0.381. The number of nitrogens with zero attached hydrogens (tertiary/aromatic N) is 5. The Bertz CT molecular complexity index is 1270. The van der Waals surface area contributed by atoms with Crippen molar-refractivity contribution in [3.63, 3.8) is 0 Å². The molecule has 1 aliphatic carbocycles. The molecule has 10 nitrogen and oxygen atoms in total. The van der Waals surface area contributed by atoms with Crippen molar-refractivity contribution >= 4 is 28.5 Å². The Balaban J connectivity index is 1.41. The number of anilines is 1. The minimum absolute atomic E-state index is 0.0727. The number of aromatic amines is 1. The molecule has 1 saturated carbocycles. The number of H-pyrrole nitrogens is 1. The van der Waals surface area contributed by atoms with Crippen LogP contribution >= 0.6 is 0 Å². The average molecular weight is 420 g/mol. The molecule has 0 spiro atoms. The van der Waals surface area contributed by atoms with Gasteiger partial charge in [-0.3, -0.25) is 4.79 Å². The molecule has 3 N–H and O–H groups in total. The van der Waals surface area contributed by atoms with E-state index in [1.165, 1.54) is 6.33 Å². The fourth-order valence-corrected chi connectivity index (χ4v) is 4.26. The van der Waals surface area contributed by atoms with Crippen molar-refractivity contribution in [1.29, 1.82) is 0 Å². The second-order valence-corrected chi connectivity index (χ2v) is 8.17. The van der Waals surface area contributed by atoms with E-state index in [-0.39, 0.29) is 17.5 Å². The molecule has 0 aliphatic heterocycles. The first kappa shape index (κ1) is 19.3. The Morgan fingerprint density at radius 1 is 1.39 bits per heavy atom. The smallest absolute Gasteiger partial charge is 0.228 e. The van der Waals surface area contributed by atoms with Crippen LogP contribution in [0.15, 0.2) is 30.9 Å². The Hall–Kier alpha value is -3.69. The molecule has 4 heterocycles. The first-order valence-electron chi connectivity index (χ1n) is 10.3. The van der Waals surface area contributed by atoms with Crippen molar-refractivity contribution in [2.75, 3.05) is 12.4 Å². The maximum absolute atomic E-state index is 11.7. The largest absolute Gasteiger partial charge is 0.480 e. The number of amides is 1. The highest BCUT2D eigenvalue weighted by atomic mass is 16.5. The van der Waals surface area contributed by atoms with Crippen LogP contribution in [-0.2, 0) is 4.79 Å². The third-order valence-corrected chi connectivity index (χ3v) is 5.77. The van der Waals surface area contributed by atoms with Gasteiger partial charge in [0.1, 0.15) is 12.0 Å². The van der Waals surface area contributed by atoms with Crippen LogP contribution in [0.2, 0.25) is 0 Å². The van der Waals surface area contributed by atoms with Gasteiger partial charge >= 0.3 is 0 Å². The summed E-state index contributed by atoms with van der Waals surface area (Å²) in [6.07, 6.45) is 7.41. The Morgan fingerprint density at radius 3 is 3.00 bits per heavy atom. The zero-order valence-corrected chi connectivity index (χ0v) is 17.6. The summed E-state index contributed by atoms with van der Waals surface area (Å²) in [6.45, 7) is 3.92. The summed E-state index contributed by atoms with van der Waals surface area (Å²) < 4.78 is 7.31. The van der Waals surface area contributed by atoms with Crippen LogP contribution in [0.5, 0.6) is 5.88 Å². The highest BCUT2D eigenvalue weighted by molar-refractivity contribution is 5.98. The summed E-state index contributed by atoms with van der Waals surface area (Å²) in [5.74, 6) is 1.06. The Morgan fingerprint density at radius 2 is 2.23 bits per heavy atom. The standard InChI is InChI=1S/C21H24N8O2/c1-4-16(30)28-21(2)8-13(9-21)25-20-26-18-17(19(27-20)31-3)14(10-22-18)12-5-6-29-15(7-12)23-11-24-29/h5-7,10-11,13H,4,8-9H2,1-3H3,(H,28,30)(H2,22,25,26,27)/t13-,21+. The number of fused-ring (bicyclic) bond motifs is 2. The van der Waals surface area contributed by atoms with Crippen LogP contribution in [0.1, 0.15) is 33.1 Å². The predicted molar refractivity (Wildman–Crippen MR) is 116 cm³/mol. The van der Waals surface area contributed by atoms with E-state index in [4.69, 9.17) is 4.74 Å². The van der Waals surface area contributed by atoms with Gasteiger partial charge in [0, 0.05) is 36.0 Å². The van der Waals surface area contributed by atoms with Gasteiger partial charge in [0.25, 0.3) is 0 Å². The molecule has 0 radical (unpaired) electrons. The van der Waals surface area contributed by atoms with E-state index in [0.29, 0.717) is 23.9 Å². The van der Waals surface area contributed by atoms with Gasteiger partial charge in [-0.25, -0.2) is 9.50 Å². The van der Waals surface area contributed by atoms with E-state index in [9.17, 15) is 4.79 Å². The molecule has 5 rings (SSSR count). The molecular weight excluding hydrogens is 396 g/mol. The number of methoxy groups -OCH3 is 1. The van der Waals surface area contributed by atoms with Crippen LogP contribution in [0, 0.1) is 0 Å². The zero-order valence-electron chi connectivity index (χ0n) is 17.6. The number of nitrogens with one attached hydrogen (secondary N) is 3. The van der Waals surface area contributed by atoms with E-state index in [1.807, 2.05) is 31.5 Å². The molecule has 31 heavy (non-hydrogen) atoms. The maximum Gasteiger partial charge on any atom is 0.228 e. The van der Waals surface area contributed by atoms with Gasteiger partial charge in [-0.2, -0.15) is 15.1 Å². The molecule has 4 aromatic heterocycles. The molecule has 1 fully saturated rings. The van der Waals surface area contributed by atoms with Gasteiger partial charge < -0.3 is 20.4 Å². The van der Waals surface area contributed by atoms with Gasteiger partial charge in [0.2, 0.25) is 17.7 Å². The van der Waals surface area contributed by atoms with Crippen LogP contribution in [-0.4, -0.2) is 54.1 Å². The van der Waals surface area contributed by atoms with E-state index in [1.54, 1.807) is 11.6 Å². The minimum atomic E-state index is -0.182. The minimum Gasteiger partial charge on any atom is -0.480 e. The van der Waals surface area contributed by atoms with Crippen molar-refractivity contribution < 1.29 is 9.53 Å². The summed E-state index contributed by atoms with van der Waals surface area (Å²) in [6, 6.07) is 4.12. The van der Waals surface area contributed by atoms with E-state index >= 15 is 0 Å². The summed E-state index contributed by atoms with van der Waals surface area (Å²) in [5.41, 5.74) is 3.16. The third kappa shape index (κ3) is 3.43. The molecule has 160 valence electrons. The highest BCUT2D eigenvalue weighted by Crippen LogP contribution is 2.37. The van der Waals surface area contributed by atoms with Crippen molar-refractivity contribution in [3.05, 3.63) is 30.9 Å². The molecule has 0 atom stereocenters. The second-order valence-electron chi connectivity index (χ2n) is 8.17. The van der Waals surface area contributed by atoms with Crippen LogP contribution in [0.4, 0.5) is 5.95 Å².